The molecule has 0 atom stereocenters. The van der Waals surface area contributed by atoms with Crippen molar-refractivity contribution in [3.8, 4) is 11.8 Å². The number of halogens is 1. The summed E-state index contributed by atoms with van der Waals surface area (Å²) in [5.74, 6) is 4.91. The number of hydrogen-bond donors (Lipinski definition) is 0. The van der Waals surface area contributed by atoms with Crippen LogP contribution in [-0.2, 0) is 0 Å². The molecule has 0 amide bonds. The van der Waals surface area contributed by atoms with Crippen molar-refractivity contribution in [1.82, 2.24) is 0 Å². The summed E-state index contributed by atoms with van der Waals surface area (Å²) in [6, 6.07) is 7.19. The summed E-state index contributed by atoms with van der Waals surface area (Å²) in [5, 5.41) is 0. The van der Waals surface area contributed by atoms with Crippen molar-refractivity contribution in [2.75, 3.05) is 0 Å². The first-order valence-corrected chi connectivity index (χ1v) is 4.26. The number of rotatable bonds is 1. The summed E-state index contributed by atoms with van der Waals surface area (Å²) in [7, 11) is 0. The lowest BCUT2D eigenvalue weighted by atomic mass is 10.1. The van der Waals surface area contributed by atoms with Gasteiger partial charge in [0.15, 0.2) is 0 Å². The largest absolute Gasteiger partial charge is 0.279 e. The number of Topliss-reactive ketones (excluding diaryl/α,β-unsaturated/α-hetero) is 1. The van der Waals surface area contributed by atoms with Crippen LogP contribution in [0.2, 0.25) is 0 Å². The van der Waals surface area contributed by atoms with Gasteiger partial charge in [-0.3, -0.25) is 4.79 Å². The summed E-state index contributed by atoms with van der Waals surface area (Å²) in [5.41, 5.74) is 0.624. The fourth-order valence-corrected chi connectivity index (χ4v) is 1.21. The Labute approximate surface area is 79.9 Å². The lowest BCUT2D eigenvalue weighted by molar-refractivity contribution is 0.105. The summed E-state index contributed by atoms with van der Waals surface area (Å²) in [6.07, 6.45) is 0. The molecule has 0 fully saturated rings. The maximum atomic E-state index is 11.2. The Morgan fingerprint density at radius 2 is 2.25 bits per heavy atom. The summed E-state index contributed by atoms with van der Waals surface area (Å²) < 4.78 is 0.895. The van der Waals surface area contributed by atoms with E-state index in [9.17, 15) is 4.79 Å². The molecule has 0 aromatic heterocycles. The number of carbonyl (C=O) groups excluding carboxylic acids is 1. The second kappa shape index (κ2) is 4.08. The zero-order chi connectivity index (χ0) is 8.97. The first kappa shape index (κ1) is 9.02. The second-order valence-corrected chi connectivity index (χ2v) is 3.13. The van der Waals surface area contributed by atoms with E-state index in [-0.39, 0.29) is 5.78 Å². The number of ketones is 1. The zero-order valence-electron chi connectivity index (χ0n) is 6.60. The molecule has 60 valence electrons. The third-order valence-corrected chi connectivity index (χ3v) is 1.82. The smallest absolute Gasteiger partial charge is 0.235 e. The molecule has 1 aromatic rings. The Morgan fingerprint density at radius 3 is 2.83 bits per heavy atom. The quantitative estimate of drug-likeness (QED) is 0.406. The first-order valence-electron chi connectivity index (χ1n) is 3.46. The van der Waals surface area contributed by atoms with Gasteiger partial charge in [-0.2, -0.15) is 0 Å². The van der Waals surface area contributed by atoms with Crippen LogP contribution in [0.25, 0.3) is 0 Å². The second-order valence-electron chi connectivity index (χ2n) is 2.21. The summed E-state index contributed by atoms with van der Waals surface area (Å²) >= 11 is 3.28. The van der Waals surface area contributed by atoms with Crippen molar-refractivity contribution in [3.63, 3.8) is 0 Å². The van der Waals surface area contributed by atoms with Gasteiger partial charge < -0.3 is 0 Å². The van der Waals surface area contributed by atoms with Gasteiger partial charge in [0.1, 0.15) is 0 Å². The zero-order valence-corrected chi connectivity index (χ0v) is 8.18. The van der Waals surface area contributed by atoms with Gasteiger partial charge in [-0.1, -0.05) is 34.0 Å². The molecule has 0 aliphatic carbocycles. The third-order valence-electron chi connectivity index (χ3n) is 1.33. The van der Waals surface area contributed by atoms with Crippen LogP contribution in [0.1, 0.15) is 17.3 Å². The minimum Gasteiger partial charge on any atom is -0.279 e. The monoisotopic (exact) mass is 222 g/mol. The standard InChI is InChI=1S/C10H7BrO/c1-2-4-10(12)8-5-3-6-9(11)7-8/h3,5-7H,1H3. The fourth-order valence-electron chi connectivity index (χ4n) is 0.815. The molecule has 0 bridgehead atoms. The number of benzene rings is 1. The van der Waals surface area contributed by atoms with Gasteiger partial charge in [0.2, 0.25) is 5.78 Å². The van der Waals surface area contributed by atoms with E-state index in [4.69, 9.17) is 0 Å². The van der Waals surface area contributed by atoms with Crippen LogP contribution >= 0.6 is 15.9 Å². The lowest BCUT2D eigenvalue weighted by Crippen LogP contribution is -1.93. The third kappa shape index (κ3) is 2.21. The van der Waals surface area contributed by atoms with Crippen molar-refractivity contribution in [1.29, 1.82) is 0 Å². The first-order chi connectivity index (χ1) is 5.74. The minimum atomic E-state index is -0.140. The van der Waals surface area contributed by atoms with Crippen LogP contribution < -0.4 is 0 Å². The highest BCUT2D eigenvalue weighted by molar-refractivity contribution is 9.10. The highest BCUT2D eigenvalue weighted by atomic mass is 79.9. The van der Waals surface area contributed by atoms with E-state index in [1.165, 1.54) is 0 Å². The minimum absolute atomic E-state index is 0.140. The number of carbonyl (C=O) groups is 1. The molecule has 2 heteroatoms. The average Bonchev–Trinajstić information content (AvgIpc) is 2.05. The van der Waals surface area contributed by atoms with Crippen molar-refractivity contribution in [2.45, 2.75) is 6.92 Å². The van der Waals surface area contributed by atoms with E-state index in [2.05, 4.69) is 27.8 Å². The predicted molar refractivity (Wildman–Crippen MR) is 51.9 cm³/mol. The molecule has 0 heterocycles. The Morgan fingerprint density at radius 1 is 1.50 bits per heavy atom. The van der Waals surface area contributed by atoms with E-state index in [0.29, 0.717) is 5.56 Å². The molecule has 0 aliphatic rings. The van der Waals surface area contributed by atoms with E-state index in [0.717, 1.165) is 4.47 Å². The topological polar surface area (TPSA) is 17.1 Å². The Balaban J connectivity index is 3.01. The molecule has 0 N–H and O–H groups in total. The Bertz CT molecular complexity index is 358. The van der Waals surface area contributed by atoms with Crippen LogP contribution in [0.15, 0.2) is 28.7 Å². The highest BCUT2D eigenvalue weighted by Crippen LogP contribution is 2.11. The maximum absolute atomic E-state index is 11.2. The van der Waals surface area contributed by atoms with Gasteiger partial charge in [0.05, 0.1) is 0 Å². The van der Waals surface area contributed by atoms with Crippen molar-refractivity contribution < 1.29 is 4.79 Å². The molecule has 0 spiro atoms. The van der Waals surface area contributed by atoms with Crippen molar-refractivity contribution >= 4 is 21.7 Å². The maximum Gasteiger partial charge on any atom is 0.235 e. The molecular weight excluding hydrogens is 216 g/mol. The number of hydrogen-bond acceptors (Lipinski definition) is 1. The van der Waals surface area contributed by atoms with Gasteiger partial charge in [-0.05, 0) is 25.0 Å². The van der Waals surface area contributed by atoms with Gasteiger partial charge in [-0.15, -0.1) is 0 Å². The Kier molecular flexibility index (Phi) is 3.07. The molecule has 0 radical (unpaired) electrons. The SMILES string of the molecule is CC#CC(=O)c1cccc(Br)c1. The van der Waals surface area contributed by atoms with E-state index in [1.807, 2.05) is 12.1 Å². The van der Waals surface area contributed by atoms with Crippen LogP contribution in [-0.4, -0.2) is 5.78 Å². The van der Waals surface area contributed by atoms with Crippen LogP contribution in [0, 0.1) is 11.8 Å². The molecule has 1 aromatic carbocycles. The molecule has 12 heavy (non-hydrogen) atoms. The van der Waals surface area contributed by atoms with Crippen LogP contribution in [0.5, 0.6) is 0 Å². The van der Waals surface area contributed by atoms with E-state index >= 15 is 0 Å². The molecule has 0 saturated carbocycles. The molecule has 0 aliphatic heterocycles. The fraction of sp³-hybridized carbons (Fsp3) is 0.100. The van der Waals surface area contributed by atoms with Crippen molar-refractivity contribution in [3.05, 3.63) is 34.3 Å². The highest BCUT2D eigenvalue weighted by Gasteiger charge is 2.00. The summed E-state index contributed by atoms with van der Waals surface area (Å²) in [6.45, 7) is 1.65. The van der Waals surface area contributed by atoms with Crippen molar-refractivity contribution in [2.24, 2.45) is 0 Å². The van der Waals surface area contributed by atoms with E-state index in [1.54, 1.807) is 19.1 Å². The molecule has 1 rings (SSSR count). The normalized spacial score (nSPS) is 8.50. The van der Waals surface area contributed by atoms with E-state index < -0.39 is 0 Å². The van der Waals surface area contributed by atoms with Gasteiger partial charge in [0.25, 0.3) is 0 Å². The Hall–Kier alpha value is -1.07. The molecular formula is C10H7BrO. The lowest BCUT2D eigenvalue weighted by Gasteiger charge is -1.93. The summed E-state index contributed by atoms with van der Waals surface area (Å²) in [4.78, 5) is 11.2. The molecule has 0 unspecified atom stereocenters. The van der Waals surface area contributed by atoms with Gasteiger partial charge in [-0.25, -0.2) is 0 Å². The molecule has 1 nitrogen and oxygen atoms in total. The average molecular weight is 223 g/mol. The van der Waals surface area contributed by atoms with Gasteiger partial charge >= 0.3 is 0 Å². The van der Waals surface area contributed by atoms with Crippen LogP contribution in [0.3, 0.4) is 0 Å². The predicted octanol–water partition coefficient (Wildman–Crippen LogP) is 2.66. The molecule has 0 saturated heterocycles. The van der Waals surface area contributed by atoms with Gasteiger partial charge in [0, 0.05) is 10.0 Å². The van der Waals surface area contributed by atoms with Crippen LogP contribution in [0.4, 0.5) is 0 Å².